The number of amides is 2. The molecule has 0 aromatic heterocycles. The molecule has 7 heteroatoms. The van der Waals surface area contributed by atoms with Crippen LogP contribution in [-0.4, -0.2) is 52.3 Å². The summed E-state index contributed by atoms with van der Waals surface area (Å²) in [5, 5.41) is 0. The lowest BCUT2D eigenvalue weighted by Crippen LogP contribution is -2.41. The maximum absolute atomic E-state index is 13.5. The lowest BCUT2D eigenvalue weighted by Gasteiger charge is -2.34. The molecule has 2 aromatic rings. The van der Waals surface area contributed by atoms with E-state index in [0.717, 1.165) is 34.5 Å². The molecule has 3 fully saturated rings. The Balaban J connectivity index is 1.06. The highest BCUT2D eigenvalue weighted by atomic mass is 16.2. The Morgan fingerprint density at radius 1 is 0.897 bits per heavy atom. The highest BCUT2D eigenvalue weighted by Gasteiger charge is 2.72. The first-order chi connectivity index (χ1) is 18.7. The van der Waals surface area contributed by atoms with Crippen molar-refractivity contribution < 1.29 is 19.2 Å². The van der Waals surface area contributed by atoms with Crippen LogP contribution >= 0.6 is 0 Å². The largest absolute Gasteiger partial charge is 0.327 e. The topological polar surface area (TPSA) is 101 Å². The number of rotatable bonds is 4. The first-order valence-corrected chi connectivity index (χ1v) is 13.8. The number of ketones is 2. The van der Waals surface area contributed by atoms with Gasteiger partial charge in [-0.15, -0.1) is 0 Å². The van der Waals surface area contributed by atoms with Gasteiger partial charge in [-0.25, -0.2) is 0 Å². The molecule has 0 bridgehead atoms. The van der Waals surface area contributed by atoms with Crippen LogP contribution < -0.4 is 5.73 Å². The molecule has 7 rings (SSSR count). The monoisotopic (exact) mass is 521 g/mol. The van der Waals surface area contributed by atoms with Gasteiger partial charge in [-0.1, -0.05) is 55.5 Å². The van der Waals surface area contributed by atoms with E-state index in [1.807, 2.05) is 48.5 Å². The Bertz CT molecular complexity index is 1560. The zero-order valence-corrected chi connectivity index (χ0v) is 22.1. The number of carbonyl (C=O) groups excluding carboxylic acids is 4. The lowest BCUT2D eigenvalue weighted by atomic mass is 9.72. The van der Waals surface area contributed by atoms with Crippen molar-refractivity contribution in [3.63, 3.8) is 0 Å². The van der Waals surface area contributed by atoms with Crippen molar-refractivity contribution >= 4 is 23.4 Å². The number of allylic oxidation sites excluding steroid dienone is 4. The van der Waals surface area contributed by atoms with Crippen LogP contribution in [0.5, 0.6) is 0 Å². The van der Waals surface area contributed by atoms with Gasteiger partial charge >= 0.3 is 0 Å². The van der Waals surface area contributed by atoms with Crippen molar-refractivity contribution in [2.75, 3.05) is 13.1 Å². The molecule has 2 amide bonds. The van der Waals surface area contributed by atoms with Gasteiger partial charge in [0, 0.05) is 77.5 Å². The van der Waals surface area contributed by atoms with Crippen molar-refractivity contribution in [3.05, 3.63) is 94.3 Å². The Morgan fingerprint density at radius 2 is 1.46 bits per heavy atom. The minimum absolute atomic E-state index is 0.00855. The summed E-state index contributed by atoms with van der Waals surface area (Å²) < 4.78 is 0. The van der Waals surface area contributed by atoms with E-state index in [1.165, 1.54) is 0 Å². The quantitative estimate of drug-likeness (QED) is 0.664. The zero-order valence-electron chi connectivity index (χ0n) is 22.1. The zero-order chi connectivity index (χ0) is 27.3. The molecule has 1 saturated carbocycles. The molecule has 2 aromatic carbocycles. The molecule has 3 aliphatic carbocycles. The second-order valence-electron chi connectivity index (χ2n) is 11.9. The average molecular weight is 522 g/mol. The van der Waals surface area contributed by atoms with E-state index in [9.17, 15) is 19.2 Å². The maximum Gasteiger partial charge on any atom is 0.228 e. The average Bonchev–Trinajstić information content (AvgIpc) is 3.18. The second-order valence-corrected chi connectivity index (χ2v) is 11.9. The molecule has 5 atom stereocenters. The smallest absolute Gasteiger partial charge is 0.228 e. The van der Waals surface area contributed by atoms with Gasteiger partial charge in [-0.2, -0.15) is 0 Å². The third-order valence-corrected chi connectivity index (χ3v) is 10.0. The molecule has 2 heterocycles. The van der Waals surface area contributed by atoms with Crippen molar-refractivity contribution in [2.45, 2.75) is 50.0 Å². The SMILES string of the molecule is C[C@@H]1[C@@H]2CN(C(=O)CC(N)CC(=O)N3CC[C@@]4(C)C3=CC(=O)c3ccccc34)C3=CC(=O)c4ccccc4[C@@]312. The van der Waals surface area contributed by atoms with E-state index in [1.54, 1.807) is 22.0 Å². The summed E-state index contributed by atoms with van der Waals surface area (Å²) in [6.07, 6.45) is 3.97. The number of likely N-dealkylation sites (tertiary alicyclic amines) is 2. The van der Waals surface area contributed by atoms with Crippen LogP contribution in [0.4, 0.5) is 0 Å². The van der Waals surface area contributed by atoms with Crippen LogP contribution in [0.1, 0.15) is 65.0 Å². The molecule has 1 spiro atoms. The molecule has 2 saturated heterocycles. The fourth-order valence-corrected chi connectivity index (χ4v) is 7.94. The third-order valence-electron chi connectivity index (χ3n) is 10.0. The molecule has 2 N–H and O–H groups in total. The Morgan fingerprint density at radius 3 is 2.15 bits per heavy atom. The molecule has 198 valence electrons. The summed E-state index contributed by atoms with van der Waals surface area (Å²) in [7, 11) is 0. The van der Waals surface area contributed by atoms with E-state index < -0.39 is 11.5 Å². The number of fused-ring (bicyclic) bond motifs is 4. The van der Waals surface area contributed by atoms with E-state index in [0.29, 0.717) is 24.6 Å². The molecular weight excluding hydrogens is 490 g/mol. The van der Waals surface area contributed by atoms with Gasteiger partial charge in [0.1, 0.15) is 0 Å². The van der Waals surface area contributed by atoms with E-state index in [-0.39, 0.29) is 47.6 Å². The fourth-order valence-electron chi connectivity index (χ4n) is 7.94. The molecule has 0 radical (unpaired) electrons. The number of hydrogen-bond donors (Lipinski definition) is 1. The van der Waals surface area contributed by atoms with Crippen LogP contribution in [0.3, 0.4) is 0 Å². The summed E-state index contributed by atoms with van der Waals surface area (Å²) in [5.74, 6) is 0.147. The first kappa shape index (κ1) is 24.2. The van der Waals surface area contributed by atoms with Crippen molar-refractivity contribution in [2.24, 2.45) is 17.6 Å². The lowest BCUT2D eigenvalue weighted by molar-refractivity contribution is -0.131. The highest BCUT2D eigenvalue weighted by Crippen LogP contribution is 2.70. The summed E-state index contributed by atoms with van der Waals surface area (Å²) >= 11 is 0. The van der Waals surface area contributed by atoms with Gasteiger partial charge in [0.15, 0.2) is 11.6 Å². The van der Waals surface area contributed by atoms with Gasteiger partial charge < -0.3 is 15.5 Å². The standard InChI is InChI=1S/C32H31N3O4/c1-18-24-17-35(28-16-26(37)21-8-4-6-10-23(21)32(18,24)28)30(39)14-19(33)13-29(38)34-12-11-31(2)22-9-5-3-7-20(22)25(36)15-27(31)34/h3-10,15-16,18-19,24H,11-14,17,33H2,1-2H3/t18-,19?,24+,31-,32+/m1/s1. The molecular formula is C32H31N3O4. The fraction of sp³-hybridized carbons (Fsp3) is 0.375. The molecule has 7 nitrogen and oxygen atoms in total. The highest BCUT2D eigenvalue weighted by molar-refractivity contribution is 6.10. The van der Waals surface area contributed by atoms with E-state index in [4.69, 9.17) is 5.73 Å². The number of benzene rings is 2. The molecule has 39 heavy (non-hydrogen) atoms. The predicted octanol–water partition coefficient (Wildman–Crippen LogP) is 3.49. The van der Waals surface area contributed by atoms with Crippen LogP contribution in [0.2, 0.25) is 0 Å². The van der Waals surface area contributed by atoms with E-state index in [2.05, 4.69) is 13.8 Å². The van der Waals surface area contributed by atoms with Crippen molar-refractivity contribution in [1.82, 2.24) is 9.80 Å². The van der Waals surface area contributed by atoms with Crippen LogP contribution in [-0.2, 0) is 20.4 Å². The van der Waals surface area contributed by atoms with E-state index >= 15 is 0 Å². The predicted molar refractivity (Wildman–Crippen MR) is 145 cm³/mol. The molecule has 1 unspecified atom stereocenters. The van der Waals surface area contributed by atoms with Gasteiger partial charge in [-0.05, 0) is 36.3 Å². The molecule has 2 aliphatic heterocycles. The maximum atomic E-state index is 13.5. The van der Waals surface area contributed by atoms with Crippen LogP contribution in [0, 0.1) is 11.8 Å². The summed E-state index contributed by atoms with van der Waals surface area (Å²) in [4.78, 5) is 56.0. The summed E-state index contributed by atoms with van der Waals surface area (Å²) in [5.41, 5.74) is 10.6. The Kier molecular flexibility index (Phi) is 5.02. The Hall–Kier alpha value is -3.84. The normalized spacial score (nSPS) is 30.4. The summed E-state index contributed by atoms with van der Waals surface area (Å²) in [6, 6.07) is 14.6. The Labute approximate surface area is 227 Å². The third kappa shape index (κ3) is 3.13. The number of nitrogens with two attached hydrogens (primary N) is 1. The minimum Gasteiger partial charge on any atom is -0.327 e. The van der Waals surface area contributed by atoms with Gasteiger partial charge in [0.05, 0.1) is 0 Å². The van der Waals surface area contributed by atoms with Crippen LogP contribution in [0.25, 0.3) is 0 Å². The molecule has 5 aliphatic rings. The summed E-state index contributed by atoms with van der Waals surface area (Å²) in [6.45, 7) is 5.33. The first-order valence-electron chi connectivity index (χ1n) is 13.8. The number of hydrogen-bond acceptors (Lipinski definition) is 5. The van der Waals surface area contributed by atoms with Crippen molar-refractivity contribution in [1.29, 1.82) is 0 Å². The second kappa shape index (κ2) is 8.09. The van der Waals surface area contributed by atoms with Crippen molar-refractivity contribution in [3.8, 4) is 0 Å². The minimum atomic E-state index is -0.665. The van der Waals surface area contributed by atoms with Gasteiger partial charge in [-0.3, -0.25) is 19.2 Å². The number of piperidine rings is 1. The van der Waals surface area contributed by atoms with Gasteiger partial charge in [0.2, 0.25) is 11.8 Å². The number of nitrogens with zero attached hydrogens (tertiary/aromatic N) is 2. The van der Waals surface area contributed by atoms with Crippen LogP contribution in [0.15, 0.2) is 72.1 Å². The number of carbonyl (C=O) groups is 4. The van der Waals surface area contributed by atoms with Gasteiger partial charge in [0.25, 0.3) is 0 Å².